The number of nitrogens with zero attached hydrogens (tertiary/aromatic N) is 2. The van der Waals surface area contributed by atoms with Gasteiger partial charge in [-0.3, -0.25) is 9.59 Å². The number of thioether (sulfide) groups is 1. The summed E-state index contributed by atoms with van der Waals surface area (Å²) in [6.45, 7) is 4.39. The second kappa shape index (κ2) is 8.09. The molecule has 0 spiro atoms. The molecule has 146 valence electrons. The van der Waals surface area contributed by atoms with Crippen LogP contribution in [-0.2, 0) is 11.3 Å². The van der Waals surface area contributed by atoms with Crippen molar-refractivity contribution in [1.82, 2.24) is 9.47 Å². The minimum atomic E-state index is -0.0456. The SMILES string of the molecule is Cc1ccccc1NC(=O)CSC(=S)N1C[C@H]2C[C@@H](C1)c1cccc(=O)n1C2. The van der Waals surface area contributed by atoms with Crippen LogP contribution in [0.15, 0.2) is 47.3 Å². The Morgan fingerprint density at radius 1 is 1.18 bits per heavy atom. The number of aromatic nitrogens is 1. The molecule has 28 heavy (non-hydrogen) atoms. The Bertz CT molecular complexity index is 972. The summed E-state index contributed by atoms with van der Waals surface area (Å²) in [5.74, 6) is 0.997. The molecule has 7 heteroatoms. The van der Waals surface area contributed by atoms with Crippen molar-refractivity contribution in [2.24, 2.45) is 5.92 Å². The number of piperidine rings is 1. The van der Waals surface area contributed by atoms with Gasteiger partial charge in [0, 0.05) is 43.0 Å². The number of pyridine rings is 1. The summed E-state index contributed by atoms with van der Waals surface area (Å²) >= 11 is 7.04. The average Bonchev–Trinajstić information content (AvgIpc) is 2.68. The Hall–Kier alpha value is -2.12. The van der Waals surface area contributed by atoms with Crippen LogP contribution in [0.2, 0.25) is 0 Å². The van der Waals surface area contributed by atoms with Gasteiger partial charge < -0.3 is 14.8 Å². The van der Waals surface area contributed by atoms with Gasteiger partial charge in [-0.25, -0.2) is 0 Å². The number of thiocarbonyl (C=S) groups is 1. The molecule has 2 bridgehead atoms. The van der Waals surface area contributed by atoms with Gasteiger partial charge in [0.15, 0.2) is 0 Å². The maximum absolute atomic E-state index is 12.3. The van der Waals surface area contributed by atoms with Crippen molar-refractivity contribution in [3.05, 3.63) is 64.1 Å². The topological polar surface area (TPSA) is 54.3 Å². The summed E-state index contributed by atoms with van der Waals surface area (Å²) < 4.78 is 2.68. The molecule has 1 fully saturated rings. The van der Waals surface area contributed by atoms with Crippen LogP contribution < -0.4 is 10.9 Å². The number of likely N-dealkylation sites (tertiary alicyclic amines) is 1. The summed E-state index contributed by atoms with van der Waals surface area (Å²) in [5.41, 5.74) is 3.08. The van der Waals surface area contributed by atoms with Gasteiger partial charge in [-0.2, -0.15) is 0 Å². The molecule has 1 aromatic heterocycles. The summed E-state index contributed by atoms with van der Waals surface area (Å²) in [6.07, 6.45) is 1.10. The fraction of sp³-hybridized carbons (Fsp3) is 0.381. The number of nitrogens with one attached hydrogen (secondary N) is 1. The maximum atomic E-state index is 12.3. The van der Waals surface area contributed by atoms with Crippen molar-refractivity contribution >= 4 is 39.9 Å². The van der Waals surface area contributed by atoms with Crippen molar-refractivity contribution in [3.63, 3.8) is 0 Å². The van der Waals surface area contributed by atoms with Crippen molar-refractivity contribution in [2.45, 2.75) is 25.8 Å². The van der Waals surface area contributed by atoms with Gasteiger partial charge in [0.2, 0.25) is 5.91 Å². The number of rotatable bonds is 3. The molecular weight excluding hydrogens is 390 g/mol. The summed E-state index contributed by atoms with van der Waals surface area (Å²) in [7, 11) is 0. The fourth-order valence-corrected chi connectivity index (χ4v) is 5.15. The molecule has 1 aromatic carbocycles. The standard InChI is InChI=1S/C21H23N3O2S2/c1-14-5-2-3-6-17(14)22-19(25)13-28-21(27)23-10-15-9-16(12-23)18-7-4-8-20(26)24(18)11-15/h2-8,15-16H,9-13H2,1H3,(H,22,25)/t15-,16+/m1/s1. The lowest BCUT2D eigenvalue weighted by Crippen LogP contribution is -2.48. The Morgan fingerprint density at radius 3 is 2.82 bits per heavy atom. The first-order chi connectivity index (χ1) is 13.5. The van der Waals surface area contributed by atoms with Gasteiger partial charge in [-0.05, 0) is 37.0 Å². The first-order valence-electron chi connectivity index (χ1n) is 9.48. The van der Waals surface area contributed by atoms with Crippen LogP contribution in [0, 0.1) is 12.8 Å². The number of benzene rings is 1. The van der Waals surface area contributed by atoms with Crippen LogP contribution in [-0.4, -0.2) is 38.5 Å². The number of hydrogen-bond donors (Lipinski definition) is 1. The minimum Gasteiger partial charge on any atom is -0.356 e. The van der Waals surface area contributed by atoms with E-state index in [-0.39, 0.29) is 11.5 Å². The monoisotopic (exact) mass is 413 g/mol. The molecule has 0 radical (unpaired) electrons. The molecule has 0 saturated carbocycles. The van der Waals surface area contributed by atoms with E-state index in [1.165, 1.54) is 11.8 Å². The number of amides is 1. The molecule has 2 aliphatic heterocycles. The highest BCUT2D eigenvalue weighted by atomic mass is 32.2. The smallest absolute Gasteiger partial charge is 0.250 e. The highest BCUT2D eigenvalue weighted by Crippen LogP contribution is 2.36. The number of para-hydroxylation sites is 1. The molecule has 2 atom stereocenters. The van der Waals surface area contributed by atoms with Crippen LogP contribution in [0.5, 0.6) is 0 Å². The van der Waals surface area contributed by atoms with Crippen LogP contribution in [0.25, 0.3) is 0 Å². The van der Waals surface area contributed by atoms with Crippen LogP contribution in [0.3, 0.4) is 0 Å². The first kappa shape index (κ1) is 19.2. The van der Waals surface area contributed by atoms with Gasteiger partial charge in [-0.15, -0.1) is 0 Å². The fourth-order valence-electron chi connectivity index (χ4n) is 4.16. The number of fused-ring (bicyclic) bond motifs is 4. The first-order valence-corrected chi connectivity index (χ1v) is 10.9. The summed E-state index contributed by atoms with van der Waals surface area (Å²) in [4.78, 5) is 26.6. The van der Waals surface area contributed by atoms with Gasteiger partial charge in [0.25, 0.3) is 5.56 Å². The van der Waals surface area contributed by atoms with E-state index in [9.17, 15) is 9.59 Å². The lowest BCUT2D eigenvalue weighted by atomic mass is 9.83. The molecule has 1 N–H and O–H groups in total. The Balaban J connectivity index is 1.36. The van der Waals surface area contributed by atoms with Crippen molar-refractivity contribution < 1.29 is 4.79 Å². The Kier molecular flexibility index (Phi) is 5.55. The van der Waals surface area contributed by atoms with Gasteiger partial charge in [-0.1, -0.05) is 48.2 Å². The molecule has 0 unspecified atom stereocenters. The molecule has 0 aliphatic carbocycles. The van der Waals surface area contributed by atoms with E-state index in [1.54, 1.807) is 6.07 Å². The zero-order valence-corrected chi connectivity index (χ0v) is 17.4. The molecular formula is C21H23N3O2S2. The summed E-state index contributed by atoms with van der Waals surface area (Å²) in [6, 6.07) is 13.3. The van der Waals surface area contributed by atoms with Crippen molar-refractivity contribution in [1.29, 1.82) is 0 Å². The van der Waals surface area contributed by atoms with E-state index in [2.05, 4.69) is 16.3 Å². The van der Waals surface area contributed by atoms with E-state index in [4.69, 9.17) is 12.2 Å². The average molecular weight is 414 g/mol. The predicted octanol–water partition coefficient (Wildman–Crippen LogP) is 3.23. The minimum absolute atomic E-state index is 0.0456. The number of hydrogen-bond acceptors (Lipinski definition) is 4. The molecule has 4 rings (SSSR count). The molecule has 3 heterocycles. The third-order valence-corrected chi connectivity index (χ3v) is 7.01. The van der Waals surface area contributed by atoms with Gasteiger partial charge in [0.1, 0.15) is 4.32 Å². The molecule has 2 aromatic rings. The van der Waals surface area contributed by atoms with E-state index < -0.39 is 0 Å². The highest BCUT2D eigenvalue weighted by Gasteiger charge is 2.35. The van der Waals surface area contributed by atoms with E-state index in [1.807, 2.05) is 41.8 Å². The van der Waals surface area contributed by atoms with E-state index in [0.29, 0.717) is 17.6 Å². The largest absolute Gasteiger partial charge is 0.356 e. The normalized spacial score (nSPS) is 20.4. The molecule has 5 nitrogen and oxygen atoms in total. The number of aryl methyl sites for hydroxylation is 1. The predicted molar refractivity (Wildman–Crippen MR) is 118 cm³/mol. The second-order valence-corrected chi connectivity index (χ2v) is 9.13. The zero-order chi connectivity index (χ0) is 19.7. The third-order valence-electron chi connectivity index (χ3n) is 5.48. The maximum Gasteiger partial charge on any atom is 0.250 e. The third kappa shape index (κ3) is 4.00. The molecule has 1 amide bonds. The van der Waals surface area contributed by atoms with Crippen LogP contribution >= 0.6 is 24.0 Å². The number of carbonyl (C=O) groups excluding carboxylic acids is 1. The Morgan fingerprint density at radius 2 is 2.00 bits per heavy atom. The second-order valence-electron chi connectivity index (χ2n) is 7.52. The number of carbonyl (C=O) groups is 1. The van der Waals surface area contributed by atoms with E-state index >= 15 is 0 Å². The van der Waals surface area contributed by atoms with Gasteiger partial charge in [0.05, 0.1) is 5.75 Å². The quantitative estimate of drug-likeness (QED) is 0.783. The summed E-state index contributed by atoms with van der Waals surface area (Å²) in [5, 5.41) is 2.95. The van der Waals surface area contributed by atoms with Crippen molar-refractivity contribution in [3.8, 4) is 0 Å². The number of anilines is 1. The zero-order valence-electron chi connectivity index (χ0n) is 15.8. The lowest BCUT2D eigenvalue weighted by molar-refractivity contribution is -0.113. The highest BCUT2D eigenvalue weighted by molar-refractivity contribution is 8.23. The Labute approximate surface area is 174 Å². The molecule has 1 saturated heterocycles. The van der Waals surface area contributed by atoms with E-state index in [0.717, 1.165) is 47.3 Å². The van der Waals surface area contributed by atoms with Crippen molar-refractivity contribution in [2.75, 3.05) is 24.2 Å². The van der Waals surface area contributed by atoms with Gasteiger partial charge >= 0.3 is 0 Å². The molecule has 2 aliphatic rings. The van der Waals surface area contributed by atoms with Crippen LogP contribution in [0.1, 0.15) is 23.6 Å². The lowest BCUT2D eigenvalue weighted by Gasteiger charge is -2.43. The van der Waals surface area contributed by atoms with Crippen LogP contribution in [0.4, 0.5) is 5.69 Å².